The number of halogens is 1. The second-order valence-electron chi connectivity index (χ2n) is 7.33. The van der Waals surface area contributed by atoms with Crippen molar-refractivity contribution < 1.29 is 9.18 Å². The smallest absolute Gasteiger partial charge is 0.273 e. The number of carbonyl (C=O) groups excluding carboxylic acids is 1. The van der Waals surface area contributed by atoms with Crippen LogP contribution < -0.4 is 11.1 Å². The first-order valence-corrected chi connectivity index (χ1v) is 10.3. The zero-order valence-corrected chi connectivity index (χ0v) is 17.9. The van der Waals surface area contributed by atoms with Crippen LogP contribution in [0.1, 0.15) is 33.9 Å². The van der Waals surface area contributed by atoms with Gasteiger partial charge in [-0.05, 0) is 56.2 Å². The van der Waals surface area contributed by atoms with Crippen molar-refractivity contribution in [1.29, 1.82) is 5.26 Å². The lowest BCUT2D eigenvalue weighted by Crippen LogP contribution is -2.26. The predicted octanol–water partition coefficient (Wildman–Crippen LogP) is 2.72. The Balaban J connectivity index is 1.39. The van der Waals surface area contributed by atoms with Crippen molar-refractivity contribution in [3.63, 3.8) is 0 Å². The summed E-state index contributed by atoms with van der Waals surface area (Å²) >= 11 is 0. The van der Waals surface area contributed by atoms with Crippen molar-refractivity contribution in [2.45, 2.75) is 19.8 Å². The molecule has 1 amide bonds. The number of hydrogen-bond acceptors (Lipinski definition) is 6. The molecule has 0 saturated heterocycles. The van der Waals surface area contributed by atoms with Gasteiger partial charge in [0.2, 0.25) is 0 Å². The molecule has 0 atom stereocenters. The van der Waals surface area contributed by atoms with Gasteiger partial charge in [0, 0.05) is 6.54 Å². The lowest BCUT2D eigenvalue weighted by atomic mass is 10.1. The fourth-order valence-electron chi connectivity index (χ4n) is 3.36. The number of para-hydroxylation sites is 1. The summed E-state index contributed by atoms with van der Waals surface area (Å²) in [6, 6.07) is 17.1. The Hall–Kier alpha value is -4.52. The Morgan fingerprint density at radius 2 is 1.82 bits per heavy atom. The fourth-order valence-corrected chi connectivity index (χ4v) is 3.36. The van der Waals surface area contributed by atoms with E-state index < -0.39 is 0 Å². The summed E-state index contributed by atoms with van der Waals surface area (Å²) in [6.45, 7) is 2.08. The zero-order valence-electron chi connectivity index (χ0n) is 17.9. The number of nitrogen functional groups attached to an aromatic ring is 1. The summed E-state index contributed by atoms with van der Waals surface area (Å²) in [6.07, 6.45) is 0.962. The fraction of sp³-hybridized carbons (Fsp3) is 0.174. The number of carbonyl (C=O) groups is 1. The van der Waals surface area contributed by atoms with Crippen molar-refractivity contribution in [2.24, 2.45) is 0 Å². The van der Waals surface area contributed by atoms with Gasteiger partial charge in [-0.3, -0.25) is 4.79 Å². The normalized spacial score (nSPS) is 10.7. The molecular formula is C23H21FN8O. The number of nitrogens with one attached hydrogen (secondary N) is 1. The Labute approximate surface area is 189 Å². The lowest BCUT2D eigenvalue weighted by Gasteiger charge is -2.03. The van der Waals surface area contributed by atoms with Gasteiger partial charge < -0.3 is 11.1 Å². The maximum atomic E-state index is 13.2. The molecule has 0 aliphatic rings. The number of aromatic nitrogens is 5. The molecule has 0 aliphatic heterocycles. The summed E-state index contributed by atoms with van der Waals surface area (Å²) in [5, 5.41) is 25.3. The minimum absolute atomic E-state index is 0.191. The first kappa shape index (κ1) is 21.7. The number of nitriles is 1. The highest BCUT2D eigenvalue weighted by Gasteiger charge is 2.18. The molecule has 0 spiro atoms. The monoisotopic (exact) mass is 444 g/mol. The van der Waals surface area contributed by atoms with Gasteiger partial charge in [-0.25, -0.2) is 9.07 Å². The van der Waals surface area contributed by atoms with E-state index in [1.54, 1.807) is 6.92 Å². The van der Waals surface area contributed by atoms with Gasteiger partial charge in [-0.1, -0.05) is 18.2 Å². The van der Waals surface area contributed by atoms with E-state index in [4.69, 9.17) is 5.73 Å². The van der Waals surface area contributed by atoms with Crippen molar-refractivity contribution in [2.75, 3.05) is 12.3 Å². The summed E-state index contributed by atoms with van der Waals surface area (Å²) in [4.78, 5) is 14.0. The largest absolute Gasteiger partial charge is 0.382 e. The quantitative estimate of drug-likeness (QED) is 0.422. The number of nitrogens with two attached hydrogens (primary N) is 1. The molecule has 0 bridgehead atoms. The number of anilines is 1. The molecule has 3 N–H and O–H groups in total. The highest BCUT2D eigenvalue weighted by atomic mass is 19.1. The summed E-state index contributed by atoms with van der Waals surface area (Å²) < 4.78 is 14.6. The standard InChI is InChI=1S/C23H21FN8O/c1-15-21(30-32(28-15)18-6-3-2-4-7-18)23(33)27-13-5-8-20-19(14-25)22(26)31(29-20)17-11-9-16(24)10-12-17/h2-4,6-7,9-12H,5,8,13,26H2,1H3,(H,27,33). The zero-order chi connectivity index (χ0) is 23.4. The summed E-state index contributed by atoms with van der Waals surface area (Å²) in [5.74, 6) is -0.511. The van der Waals surface area contributed by atoms with Crippen LogP contribution in [-0.2, 0) is 6.42 Å². The van der Waals surface area contributed by atoms with E-state index in [0.29, 0.717) is 36.5 Å². The molecule has 0 fully saturated rings. The molecule has 4 aromatic rings. The van der Waals surface area contributed by atoms with Gasteiger partial charge in [-0.15, -0.1) is 5.10 Å². The van der Waals surface area contributed by atoms with Crippen molar-refractivity contribution in [3.8, 4) is 17.4 Å². The van der Waals surface area contributed by atoms with Gasteiger partial charge >= 0.3 is 0 Å². The van der Waals surface area contributed by atoms with Crippen LogP contribution in [0.4, 0.5) is 10.2 Å². The van der Waals surface area contributed by atoms with Gasteiger partial charge in [0.15, 0.2) is 5.69 Å². The van der Waals surface area contributed by atoms with Gasteiger partial charge in [0.1, 0.15) is 23.3 Å². The second-order valence-corrected chi connectivity index (χ2v) is 7.33. The number of benzene rings is 2. The van der Waals surface area contributed by atoms with Crippen molar-refractivity contribution >= 4 is 11.7 Å². The van der Waals surface area contributed by atoms with Gasteiger partial charge in [0.25, 0.3) is 5.91 Å². The van der Waals surface area contributed by atoms with Crippen LogP contribution in [-0.4, -0.2) is 37.2 Å². The maximum absolute atomic E-state index is 13.2. The van der Waals surface area contributed by atoms with Crippen LogP contribution in [0.2, 0.25) is 0 Å². The van der Waals surface area contributed by atoms with E-state index in [0.717, 1.165) is 5.69 Å². The van der Waals surface area contributed by atoms with Crippen molar-refractivity contribution in [1.82, 2.24) is 30.1 Å². The molecule has 0 saturated carbocycles. The summed E-state index contributed by atoms with van der Waals surface area (Å²) in [7, 11) is 0. The van der Waals surface area contributed by atoms with E-state index in [9.17, 15) is 14.4 Å². The van der Waals surface area contributed by atoms with E-state index in [1.165, 1.54) is 33.7 Å². The van der Waals surface area contributed by atoms with Crippen LogP contribution in [0.25, 0.3) is 11.4 Å². The third-order valence-corrected chi connectivity index (χ3v) is 5.04. The second kappa shape index (κ2) is 9.32. The molecule has 33 heavy (non-hydrogen) atoms. The number of aryl methyl sites for hydroxylation is 2. The Morgan fingerprint density at radius 1 is 1.09 bits per heavy atom. The minimum Gasteiger partial charge on any atom is -0.382 e. The third kappa shape index (κ3) is 4.57. The average Bonchev–Trinajstić information content (AvgIpc) is 3.37. The predicted molar refractivity (Wildman–Crippen MR) is 119 cm³/mol. The molecule has 9 nitrogen and oxygen atoms in total. The number of hydrogen-bond donors (Lipinski definition) is 2. The Kier molecular flexibility index (Phi) is 6.13. The molecule has 0 aliphatic carbocycles. The SMILES string of the molecule is Cc1nn(-c2ccccc2)nc1C(=O)NCCCc1nn(-c2ccc(F)cc2)c(N)c1C#N. The average molecular weight is 444 g/mol. The minimum atomic E-state index is -0.375. The van der Waals surface area contributed by atoms with Gasteiger partial charge in [0.05, 0.1) is 22.8 Å². The maximum Gasteiger partial charge on any atom is 0.273 e. The van der Waals surface area contributed by atoms with Crippen molar-refractivity contribution in [3.05, 3.63) is 83.1 Å². The highest BCUT2D eigenvalue weighted by molar-refractivity contribution is 5.93. The Morgan fingerprint density at radius 3 is 2.52 bits per heavy atom. The van der Waals surface area contributed by atoms with Crippen LogP contribution in [0.5, 0.6) is 0 Å². The first-order chi connectivity index (χ1) is 16.0. The van der Waals surface area contributed by atoms with Crippen LogP contribution in [0.3, 0.4) is 0 Å². The van der Waals surface area contributed by atoms with Crippen LogP contribution in [0, 0.1) is 24.1 Å². The van der Waals surface area contributed by atoms with E-state index in [-0.39, 0.29) is 28.8 Å². The number of rotatable bonds is 7. The number of amides is 1. The molecule has 0 radical (unpaired) electrons. The van der Waals surface area contributed by atoms with E-state index in [2.05, 4.69) is 26.7 Å². The molecule has 166 valence electrons. The molecule has 10 heteroatoms. The van der Waals surface area contributed by atoms with Crippen LogP contribution in [0.15, 0.2) is 54.6 Å². The molecule has 2 heterocycles. The molecule has 2 aromatic carbocycles. The topological polar surface area (TPSA) is 127 Å². The van der Waals surface area contributed by atoms with Gasteiger partial charge in [-0.2, -0.15) is 20.3 Å². The molecular weight excluding hydrogens is 423 g/mol. The summed E-state index contributed by atoms with van der Waals surface area (Å²) in [5.41, 5.74) is 8.95. The van der Waals surface area contributed by atoms with E-state index >= 15 is 0 Å². The highest BCUT2D eigenvalue weighted by Crippen LogP contribution is 2.21. The third-order valence-electron chi connectivity index (χ3n) is 5.04. The molecule has 0 unspecified atom stereocenters. The molecule has 4 rings (SSSR count). The number of nitrogens with zero attached hydrogens (tertiary/aromatic N) is 6. The van der Waals surface area contributed by atoms with Crippen LogP contribution >= 0.6 is 0 Å². The Bertz CT molecular complexity index is 1320. The lowest BCUT2D eigenvalue weighted by molar-refractivity contribution is 0.0947. The van der Waals surface area contributed by atoms with E-state index in [1.807, 2.05) is 30.3 Å². The first-order valence-electron chi connectivity index (χ1n) is 10.3. The molecule has 2 aromatic heterocycles.